The van der Waals surface area contributed by atoms with Crippen LogP contribution in [0, 0.1) is 0 Å². The summed E-state index contributed by atoms with van der Waals surface area (Å²) in [6.07, 6.45) is 0.833. The molecule has 0 saturated carbocycles. The molecule has 0 aliphatic heterocycles. The summed E-state index contributed by atoms with van der Waals surface area (Å²) in [7, 11) is -3.59. The average Bonchev–Trinajstić information content (AvgIpc) is 2.92. The summed E-state index contributed by atoms with van der Waals surface area (Å²) in [5, 5.41) is 0. The highest BCUT2D eigenvalue weighted by atomic mass is 79.9. The van der Waals surface area contributed by atoms with Crippen LogP contribution in [0.25, 0.3) is 11.1 Å². The van der Waals surface area contributed by atoms with Gasteiger partial charge >= 0.3 is 0 Å². The van der Waals surface area contributed by atoms with Gasteiger partial charge in [0.1, 0.15) is 0 Å². The van der Waals surface area contributed by atoms with Crippen molar-refractivity contribution in [2.75, 3.05) is 4.72 Å². The predicted octanol–water partition coefficient (Wildman–Crippen LogP) is 4.82. The van der Waals surface area contributed by atoms with E-state index in [-0.39, 0.29) is 4.90 Å². The lowest BCUT2D eigenvalue weighted by Crippen LogP contribution is -2.12. The Labute approximate surface area is 149 Å². The Balaban J connectivity index is 1.65. The van der Waals surface area contributed by atoms with Crippen LogP contribution in [-0.2, 0) is 16.4 Å². The summed E-state index contributed by atoms with van der Waals surface area (Å²) in [6, 6.07) is 20.6. The predicted molar refractivity (Wildman–Crippen MR) is 99.6 cm³/mol. The molecule has 3 aromatic carbocycles. The van der Waals surface area contributed by atoms with Gasteiger partial charge in [-0.15, -0.1) is 0 Å². The normalized spacial score (nSPS) is 12.5. The summed E-state index contributed by atoms with van der Waals surface area (Å²) in [5.41, 5.74) is 5.42. The summed E-state index contributed by atoms with van der Waals surface area (Å²) in [6.45, 7) is 0. The molecule has 24 heavy (non-hydrogen) atoms. The van der Waals surface area contributed by atoms with Crippen LogP contribution in [0.3, 0.4) is 0 Å². The van der Waals surface area contributed by atoms with Gasteiger partial charge in [0, 0.05) is 10.2 Å². The monoisotopic (exact) mass is 399 g/mol. The first kappa shape index (κ1) is 15.4. The second-order valence-corrected chi connectivity index (χ2v) is 8.36. The Morgan fingerprint density at radius 3 is 2.33 bits per heavy atom. The second-order valence-electron chi connectivity index (χ2n) is 5.77. The zero-order valence-corrected chi connectivity index (χ0v) is 15.1. The lowest BCUT2D eigenvalue weighted by molar-refractivity contribution is 0.601. The molecule has 0 bridgehead atoms. The quantitative estimate of drug-likeness (QED) is 0.536. The van der Waals surface area contributed by atoms with Crippen molar-refractivity contribution in [2.24, 2.45) is 0 Å². The van der Waals surface area contributed by atoms with Gasteiger partial charge in [-0.1, -0.05) is 46.3 Å². The third-order valence-corrected chi connectivity index (χ3v) is 6.10. The van der Waals surface area contributed by atoms with E-state index in [1.165, 1.54) is 16.7 Å². The van der Waals surface area contributed by atoms with E-state index < -0.39 is 10.0 Å². The van der Waals surface area contributed by atoms with Gasteiger partial charge in [0.25, 0.3) is 10.0 Å². The van der Waals surface area contributed by atoms with E-state index in [1.54, 1.807) is 24.3 Å². The van der Waals surface area contributed by atoms with Gasteiger partial charge in [0.2, 0.25) is 0 Å². The Morgan fingerprint density at radius 1 is 0.833 bits per heavy atom. The highest BCUT2D eigenvalue weighted by molar-refractivity contribution is 9.10. The second kappa shape index (κ2) is 5.76. The van der Waals surface area contributed by atoms with Crippen molar-refractivity contribution in [2.45, 2.75) is 11.3 Å². The number of anilines is 1. The van der Waals surface area contributed by atoms with E-state index in [9.17, 15) is 8.42 Å². The number of halogens is 1. The largest absolute Gasteiger partial charge is 0.280 e. The number of hydrogen-bond donors (Lipinski definition) is 1. The highest BCUT2D eigenvalue weighted by Crippen LogP contribution is 2.37. The molecular formula is C19H14BrNO2S. The number of sulfonamides is 1. The van der Waals surface area contributed by atoms with Crippen LogP contribution in [0.5, 0.6) is 0 Å². The van der Waals surface area contributed by atoms with Crippen LogP contribution in [0.4, 0.5) is 5.69 Å². The average molecular weight is 400 g/mol. The smallest absolute Gasteiger partial charge is 0.261 e. The molecule has 0 radical (unpaired) electrons. The molecule has 3 aromatic rings. The van der Waals surface area contributed by atoms with E-state index in [1.807, 2.05) is 30.3 Å². The van der Waals surface area contributed by atoms with Gasteiger partial charge in [0.15, 0.2) is 0 Å². The van der Waals surface area contributed by atoms with Gasteiger partial charge in [-0.25, -0.2) is 8.42 Å². The van der Waals surface area contributed by atoms with Crippen LogP contribution in [0.1, 0.15) is 11.1 Å². The third-order valence-electron chi connectivity index (χ3n) is 4.17. The highest BCUT2D eigenvalue weighted by Gasteiger charge is 2.19. The zero-order chi connectivity index (χ0) is 16.7. The number of benzene rings is 3. The lowest BCUT2D eigenvalue weighted by atomic mass is 10.1. The molecule has 1 aliphatic rings. The third kappa shape index (κ3) is 2.74. The van der Waals surface area contributed by atoms with Crippen LogP contribution in [-0.4, -0.2) is 8.42 Å². The van der Waals surface area contributed by atoms with E-state index in [0.29, 0.717) is 5.69 Å². The minimum Gasteiger partial charge on any atom is -0.280 e. The molecule has 0 fully saturated rings. The minimum absolute atomic E-state index is 0.245. The van der Waals surface area contributed by atoms with Gasteiger partial charge < -0.3 is 0 Å². The fraction of sp³-hybridized carbons (Fsp3) is 0.0526. The number of rotatable bonds is 3. The number of nitrogens with one attached hydrogen (secondary N) is 1. The summed E-state index contributed by atoms with van der Waals surface area (Å²) in [4.78, 5) is 0.245. The molecule has 0 amide bonds. The van der Waals surface area contributed by atoms with E-state index in [2.05, 4.69) is 32.8 Å². The van der Waals surface area contributed by atoms with Crippen LogP contribution < -0.4 is 4.72 Å². The van der Waals surface area contributed by atoms with Gasteiger partial charge in [0.05, 0.1) is 4.90 Å². The fourth-order valence-corrected chi connectivity index (χ4v) is 4.35. The molecule has 0 saturated heterocycles. The van der Waals surface area contributed by atoms with Gasteiger partial charge in [-0.2, -0.15) is 0 Å². The molecule has 1 N–H and O–H groups in total. The molecular weight excluding hydrogens is 386 g/mol. The molecule has 0 aromatic heterocycles. The van der Waals surface area contributed by atoms with Crippen LogP contribution in [0.2, 0.25) is 0 Å². The Bertz CT molecular complexity index is 1030. The Morgan fingerprint density at radius 2 is 1.54 bits per heavy atom. The minimum atomic E-state index is -3.59. The van der Waals surface area contributed by atoms with E-state index >= 15 is 0 Å². The first-order valence-electron chi connectivity index (χ1n) is 7.52. The molecule has 5 heteroatoms. The van der Waals surface area contributed by atoms with Crippen molar-refractivity contribution < 1.29 is 8.42 Å². The molecule has 120 valence electrons. The van der Waals surface area contributed by atoms with E-state index in [0.717, 1.165) is 16.5 Å². The Kier molecular flexibility index (Phi) is 3.70. The first-order chi connectivity index (χ1) is 11.5. The first-order valence-corrected chi connectivity index (χ1v) is 9.80. The number of fused-ring (bicyclic) bond motifs is 3. The van der Waals surface area contributed by atoms with Crippen molar-refractivity contribution in [3.63, 3.8) is 0 Å². The van der Waals surface area contributed by atoms with Crippen molar-refractivity contribution >= 4 is 31.6 Å². The summed E-state index contributed by atoms with van der Waals surface area (Å²) in [5.74, 6) is 0. The SMILES string of the molecule is O=S(=O)(Nc1ccc2c(c1)Cc1ccccc1-2)c1ccc(Br)cc1. The number of hydrogen-bond acceptors (Lipinski definition) is 2. The maximum absolute atomic E-state index is 12.5. The van der Waals surface area contributed by atoms with Crippen LogP contribution >= 0.6 is 15.9 Å². The maximum Gasteiger partial charge on any atom is 0.261 e. The topological polar surface area (TPSA) is 46.2 Å². The van der Waals surface area contributed by atoms with Crippen LogP contribution in [0.15, 0.2) is 76.1 Å². The molecule has 4 rings (SSSR count). The fourth-order valence-electron chi connectivity index (χ4n) is 3.04. The molecule has 0 heterocycles. The lowest BCUT2D eigenvalue weighted by Gasteiger charge is -2.10. The van der Waals surface area contributed by atoms with E-state index in [4.69, 9.17) is 0 Å². The molecule has 3 nitrogen and oxygen atoms in total. The zero-order valence-electron chi connectivity index (χ0n) is 12.7. The van der Waals surface area contributed by atoms with Crippen molar-refractivity contribution in [1.82, 2.24) is 0 Å². The Hall–Kier alpha value is -2.11. The summed E-state index contributed by atoms with van der Waals surface area (Å²) < 4.78 is 28.5. The standard InChI is InChI=1S/C19H14BrNO2S/c20-15-5-8-17(9-6-15)24(22,23)21-16-7-10-19-14(12-16)11-13-3-1-2-4-18(13)19/h1-10,12,21H,11H2. The summed E-state index contributed by atoms with van der Waals surface area (Å²) >= 11 is 3.31. The van der Waals surface area contributed by atoms with Crippen molar-refractivity contribution in [3.8, 4) is 11.1 Å². The van der Waals surface area contributed by atoms with Crippen molar-refractivity contribution in [1.29, 1.82) is 0 Å². The van der Waals surface area contributed by atoms with Crippen molar-refractivity contribution in [3.05, 3.63) is 82.3 Å². The molecule has 1 aliphatic carbocycles. The molecule has 0 spiro atoms. The van der Waals surface area contributed by atoms with Gasteiger partial charge in [-0.05, 0) is 65.1 Å². The van der Waals surface area contributed by atoms with Gasteiger partial charge in [-0.3, -0.25) is 4.72 Å². The molecule has 0 unspecified atom stereocenters. The molecule has 0 atom stereocenters. The maximum atomic E-state index is 12.5.